The molecule has 4 N–H and O–H groups in total. The first-order valence-corrected chi connectivity index (χ1v) is 13.4. The zero-order valence-corrected chi connectivity index (χ0v) is 22.9. The summed E-state index contributed by atoms with van der Waals surface area (Å²) >= 11 is 0. The van der Waals surface area contributed by atoms with E-state index in [1.807, 2.05) is 41.3 Å². The Morgan fingerprint density at radius 2 is 1.78 bits per heavy atom. The maximum Gasteiger partial charge on any atom is 0.249 e. The maximum absolute atomic E-state index is 13.4. The molecule has 1 aliphatic rings. The lowest BCUT2D eigenvalue weighted by Crippen LogP contribution is -2.51. The normalized spacial score (nSPS) is 19.4. The summed E-state index contributed by atoms with van der Waals surface area (Å²) in [7, 11) is 0. The smallest absolute Gasteiger partial charge is 0.249 e. The number of hydrogen-bond acceptors (Lipinski definition) is 4. The monoisotopic (exact) mass is 497 g/mol. The van der Waals surface area contributed by atoms with Gasteiger partial charge in [0.15, 0.2) is 0 Å². The van der Waals surface area contributed by atoms with Gasteiger partial charge in [-0.3, -0.25) is 9.59 Å². The second-order valence-electron chi connectivity index (χ2n) is 11.3. The molecule has 1 aromatic rings. The van der Waals surface area contributed by atoms with Crippen LogP contribution in [-0.2, 0) is 16.0 Å². The molecule has 0 saturated heterocycles. The first-order valence-electron chi connectivity index (χ1n) is 13.4. The van der Waals surface area contributed by atoms with Crippen molar-refractivity contribution in [2.75, 3.05) is 26.2 Å². The highest BCUT2D eigenvalue weighted by molar-refractivity contribution is 5.96. The molecule has 2 rings (SSSR count). The van der Waals surface area contributed by atoms with E-state index in [-0.39, 0.29) is 17.7 Å². The summed E-state index contributed by atoms with van der Waals surface area (Å²) < 4.78 is 0. The van der Waals surface area contributed by atoms with Crippen LogP contribution < -0.4 is 11.1 Å². The first-order chi connectivity index (χ1) is 17.0. The van der Waals surface area contributed by atoms with Gasteiger partial charge in [-0.25, -0.2) is 0 Å². The second-order valence-corrected chi connectivity index (χ2v) is 11.3. The van der Waals surface area contributed by atoms with E-state index in [1.54, 1.807) is 12.2 Å². The Morgan fingerprint density at radius 3 is 2.33 bits per heavy atom. The molecule has 0 radical (unpaired) electrons. The highest BCUT2D eigenvalue weighted by Gasteiger charge is 2.47. The molecule has 36 heavy (non-hydrogen) atoms. The molecule has 0 spiro atoms. The number of carbonyl (C=O) groups is 2. The highest BCUT2D eigenvalue weighted by Crippen LogP contribution is 2.43. The van der Waals surface area contributed by atoms with E-state index in [9.17, 15) is 14.7 Å². The molecule has 1 aliphatic carbocycles. The average molecular weight is 498 g/mol. The number of primary amides is 1. The van der Waals surface area contributed by atoms with E-state index in [0.29, 0.717) is 31.6 Å². The largest absolute Gasteiger partial charge is 0.391 e. The van der Waals surface area contributed by atoms with E-state index < -0.39 is 23.3 Å². The molecule has 1 aromatic carbocycles. The number of amides is 2. The molecule has 0 fully saturated rings. The summed E-state index contributed by atoms with van der Waals surface area (Å²) in [6, 6.07) is 9.86. The fourth-order valence-corrected chi connectivity index (χ4v) is 4.97. The topological polar surface area (TPSA) is 95.7 Å². The quantitative estimate of drug-likeness (QED) is 0.335. The van der Waals surface area contributed by atoms with Crippen LogP contribution in [0.1, 0.15) is 65.9 Å². The molecular formula is C30H47N3O3. The van der Waals surface area contributed by atoms with Crippen LogP contribution in [0.5, 0.6) is 0 Å². The first kappa shape index (κ1) is 29.8. The standard InChI is InChI=1S/C30H47N3O3/c1-6-18-33(19-7-2)27(35)24-14-11-15-30(21-24,28(31)36)25(20-23-12-9-8-10-13-23)26(34)22-32-17-16-29(3,4)5/h8-15,25-26,32,34H,6-7,16-22H2,1-5H3,(H2,31,36)/t25-,26+,30?/m1/s1. The van der Waals surface area contributed by atoms with Crippen molar-refractivity contribution in [1.29, 1.82) is 0 Å². The van der Waals surface area contributed by atoms with Gasteiger partial charge < -0.3 is 21.1 Å². The van der Waals surface area contributed by atoms with Gasteiger partial charge in [-0.1, -0.05) is 83.2 Å². The van der Waals surface area contributed by atoms with Crippen molar-refractivity contribution in [3.63, 3.8) is 0 Å². The number of aliphatic hydroxyl groups excluding tert-OH is 1. The number of rotatable bonds is 14. The van der Waals surface area contributed by atoms with E-state index in [2.05, 4.69) is 39.9 Å². The van der Waals surface area contributed by atoms with Crippen molar-refractivity contribution in [3.8, 4) is 0 Å². The molecule has 6 heteroatoms. The Balaban J connectivity index is 2.35. The lowest BCUT2D eigenvalue weighted by atomic mass is 9.64. The zero-order chi connectivity index (χ0) is 26.8. The van der Waals surface area contributed by atoms with E-state index >= 15 is 0 Å². The predicted octanol–water partition coefficient (Wildman–Crippen LogP) is 4.24. The van der Waals surface area contributed by atoms with E-state index in [0.717, 1.165) is 31.4 Å². The SMILES string of the molecule is CCCN(CCC)C(=O)C1=CC=CC(C(N)=O)([C@H](Cc2ccccc2)[C@@H](O)CNCCC(C)(C)C)C1. The molecule has 2 amide bonds. The fourth-order valence-electron chi connectivity index (χ4n) is 4.97. The lowest BCUT2D eigenvalue weighted by Gasteiger charge is -2.41. The Bertz CT molecular complexity index is 898. The van der Waals surface area contributed by atoms with Crippen LogP contribution in [0.2, 0.25) is 0 Å². The van der Waals surface area contributed by atoms with Gasteiger partial charge in [0.05, 0.1) is 11.5 Å². The van der Waals surface area contributed by atoms with E-state index in [4.69, 9.17) is 5.73 Å². The number of benzene rings is 1. The van der Waals surface area contributed by atoms with Crippen LogP contribution in [0.25, 0.3) is 0 Å². The van der Waals surface area contributed by atoms with Gasteiger partial charge in [0.2, 0.25) is 11.8 Å². The molecule has 3 atom stereocenters. The van der Waals surface area contributed by atoms with Crippen LogP contribution >= 0.6 is 0 Å². The number of nitrogens with one attached hydrogen (secondary N) is 1. The second kappa shape index (κ2) is 13.8. The van der Waals surface area contributed by atoms with Crippen molar-refractivity contribution in [3.05, 3.63) is 59.7 Å². The lowest BCUT2D eigenvalue weighted by molar-refractivity contribution is -0.132. The summed E-state index contributed by atoms with van der Waals surface area (Å²) in [6.07, 6.45) is 7.93. The van der Waals surface area contributed by atoms with Crippen LogP contribution in [0.15, 0.2) is 54.1 Å². The number of nitrogens with zero attached hydrogens (tertiary/aromatic N) is 1. The minimum atomic E-state index is -1.16. The van der Waals surface area contributed by atoms with Gasteiger partial charge in [0.25, 0.3) is 0 Å². The van der Waals surface area contributed by atoms with Crippen molar-refractivity contribution in [2.45, 2.75) is 72.8 Å². The maximum atomic E-state index is 13.4. The highest BCUT2D eigenvalue weighted by atomic mass is 16.3. The third-order valence-corrected chi connectivity index (χ3v) is 7.01. The molecule has 0 aromatic heterocycles. The van der Waals surface area contributed by atoms with Crippen LogP contribution in [0.4, 0.5) is 0 Å². The third kappa shape index (κ3) is 8.31. The number of carbonyl (C=O) groups excluding carboxylic acids is 2. The Kier molecular flexibility index (Phi) is 11.4. The van der Waals surface area contributed by atoms with Crippen molar-refractivity contribution in [2.24, 2.45) is 22.5 Å². The summed E-state index contributed by atoms with van der Waals surface area (Å²) in [5.41, 5.74) is 6.70. The summed E-state index contributed by atoms with van der Waals surface area (Å²) in [4.78, 5) is 28.4. The van der Waals surface area contributed by atoms with Gasteiger partial charge in [-0.15, -0.1) is 0 Å². The predicted molar refractivity (Wildman–Crippen MR) is 147 cm³/mol. The minimum absolute atomic E-state index is 0.0510. The van der Waals surface area contributed by atoms with Gasteiger partial charge in [-0.05, 0) is 49.6 Å². The van der Waals surface area contributed by atoms with Crippen molar-refractivity contribution in [1.82, 2.24) is 10.2 Å². The molecule has 6 nitrogen and oxygen atoms in total. The van der Waals surface area contributed by atoms with Gasteiger partial charge in [0.1, 0.15) is 0 Å². The van der Waals surface area contributed by atoms with Crippen molar-refractivity contribution >= 4 is 11.8 Å². The zero-order valence-electron chi connectivity index (χ0n) is 22.9. The van der Waals surface area contributed by atoms with Crippen LogP contribution in [0.3, 0.4) is 0 Å². The Hall–Kier alpha value is -2.44. The van der Waals surface area contributed by atoms with E-state index in [1.165, 1.54) is 0 Å². The molecule has 1 unspecified atom stereocenters. The Labute approximate surface area is 218 Å². The van der Waals surface area contributed by atoms with Crippen molar-refractivity contribution < 1.29 is 14.7 Å². The molecule has 200 valence electrons. The number of nitrogens with two attached hydrogens (primary N) is 1. The fraction of sp³-hybridized carbons (Fsp3) is 0.600. The minimum Gasteiger partial charge on any atom is -0.391 e. The number of aliphatic hydroxyl groups is 1. The number of hydrogen-bond donors (Lipinski definition) is 3. The van der Waals surface area contributed by atoms with Crippen LogP contribution in [-0.4, -0.2) is 54.1 Å². The van der Waals surface area contributed by atoms with Crippen LogP contribution in [0, 0.1) is 16.7 Å². The average Bonchev–Trinajstić information content (AvgIpc) is 2.84. The summed E-state index contributed by atoms with van der Waals surface area (Å²) in [5, 5.41) is 14.8. The molecule has 0 heterocycles. The molecule has 0 aliphatic heterocycles. The summed E-state index contributed by atoms with van der Waals surface area (Å²) in [5.74, 6) is -1.05. The number of allylic oxidation sites excluding steroid dienone is 2. The third-order valence-electron chi connectivity index (χ3n) is 7.01. The summed E-state index contributed by atoms with van der Waals surface area (Å²) in [6.45, 7) is 13.1. The van der Waals surface area contributed by atoms with Gasteiger partial charge >= 0.3 is 0 Å². The molecule has 0 bridgehead atoms. The van der Waals surface area contributed by atoms with Gasteiger partial charge in [0, 0.05) is 31.1 Å². The molecule has 0 saturated carbocycles. The molecular weight excluding hydrogens is 450 g/mol. The van der Waals surface area contributed by atoms with Gasteiger partial charge in [-0.2, -0.15) is 0 Å². The Morgan fingerprint density at radius 1 is 1.14 bits per heavy atom.